The number of hydrogen-bond donors (Lipinski definition) is 0. The lowest BCUT2D eigenvalue weighted by molar-refractivity contribution is 0.962. The zero-order valence-corrected chi connectivity index (χ0v) is 67.8. The predicted octanol–water partition coefficient (Wildman–Crippen LogP) is 26.5. The lowest BCUT2D eigenvalue weighted by Gasteiger charge is -2.09. The Bertz CT molecular complexity index is 8680. The fourth-order valence-corrected chi connectivity index (χ4v) is 18.4. The molecular formula is C110H78N14. The van der Waals surface area contributed by atoms with Gasteiger partial charge in [0.25, 0.3) is 0 Å². The molecule has 0 aliphatic carbocycles. The summed E-state index contributed by atoms with van der Waals surface area (Å²) >= 11 is 0. The van der Waals surface area contributed by atoms with Crippen LogP contribution in [-0.4, -0.2) is 64.9 Å². The highest BCUT2D eigenvalue weighted by atomic mass is 15.2. The molecular weight excluding hydrogens is 1520 g/mol. The summed E-state index contributed by atoms with van der Waals surface area (Å²) in [4.78, 5) is 19.6. The van der Waals surface area contributed by atoms with E-state index in [-0.39, 0.29) is 0 Å². The van der Waals surface area contributed by atoms with Crippen LogP contribution in [0.4, 0.5) is 0 Å². The molecule has 27 aromatic rings. The topological polar surface area (TPSA) is 98.8 Å². The van der Waals surface area contributed by atoms with Crippen LogP contribution in [0.25, 0.3) is 200 Å². The molecule has 0 unspecified atom stereocenters. The van der Waals surface area contributed by atoms with Crippen molar-refractivity contribution in [3.8, 4) is 56.1 Å². The van der Waals surface area contributed by atoms with Gasteiger partial charge >= 0.3 is 0 Å². The zero-order valence-electron chi connectivity index (χ0n) is 67.8. The van der Waals surface area contributed by atoms with Crippen LogP contribution in [0.5, 0.6) is 0 Å². The molecule has 0 fully saturated rings. The van der Waals surface area contributed by atoms with Crippen molar-refractivity contribution in [1.29, 1.82) is 0 Å². The predicted molar refractivity (Wildman–Crippen MR) is 511 cm³/mol. The van der Waals surface area contributed by atoms with Crippen LogP contribution < -0.4 is 0 Å². The Balaban J connectivity index is 0.0000000899. The lowest BCUT2D eigenvalue weighted by Crippen LogP contribution is -1.98. The third kappa shape index (κ3) is 12.1. The van der Waals surface area contributed by atoms with E-state index in [4.69, 9.17) is 19.9 Å². The highest BCUT2D eigenvalue weighted by molar-refractivity contribution is 6.22. The Labute approximate surface area is 711 Å². The van der Waals surface area contributed by atoms with Crippen molar-refractivity contribution in [2.75, 3.05) is 0 Å². The molecule has 124 heavy (non-hydrogen) atoms. The van der Waals surface area contributed by atoms with Crippen LogP contribution in [0.2, 0.25) is 0 Å². The van der Waals surface area contributed by atoms with Crippen molar-refractivity contribution in [3.05, 3.63) is 437 Å². The summed E-state index contributed by atoms with van der Waals surface area (Å²) in [6.07, 6.45) is 0. The Morgan fingerprint density at radius 2 is 0.444 bits per heavy atom. The summed E-state index contributed by atoms with van der Waals surface area (Å²) in [6.45, 7) is 0. The normalized spacial score (nSPS) is 11.6. The summed E-state index contributed by atoms with van der Waals surface area (Å²) in [5.74, 6) is 3.81. The molecule has 17 aromatic carbocycles. The van der Waals surface area contributed by atoms with Gasteiger partial charge in [-0.15, -0.1) is 0 Å². The molecule has 0 N–H and O–H groups in total. The van der Waals surface area contributed by atoms with Gasteiger partial charge < -0.3 is 9.13 Å². The van der Waals surface area contributed by atoms with Gasteiger partial charge in [0.2, 0.25) is 23.1 Å². The second-order valence-electron chi connectivity index (χ2n) is 31.2. The lowest BCUT2D eigenvalue weighted by atomic mass is 10.1. The Morgan fingerprint density at radius 1 is 0.169 bits per heavy atom. The SMILES string of the molecule is Cn1c2ccccc2c2c3ccccc3n(-c3ccccc3)c21.Cn1c2ccccc2n2c3cc(-c4ccccc4)ccc3nc12.c1ccc(-c2ccc3c(c2)n2c4ccccc4nc2n3-c2ccccc2)cc1.c1ccc(-c2ccc3nc4n(-c5ccccc5)c5ccccc5n4c3c2)cc1.c1ccc(-n2c3ccccc3n3c4ccccc4nc23)cc1. The number of aromatic nitrogens is 14. The van der Waals surface area contributed by atoms with Gasteiger partial charge in [-0.25, -0.2) is 19.9 Å². The monoisotopic (exact) mass is 1590 g/mol. The molecule has 588 valence electrons. The number of nitrogens with zero attached hydrogens (tertiary/aromatic N) is 14. The molecule has 0 bridgehead atoms. The molecule has 0 spiro atoms. The Hall–Kier alpha value is -16.8. The molecule has 10 aromatic heterocycles. The number of para-hydroxylation sites is 16. The van der Waals surface area contributed by atoms with E-state index in [9.17, 15) is 0 Å². The van der Waals surface area contributed by atoms with Crippen LogP contribution in [0, 0.1) is 0 Å². The molecule has 14 heteroatoms. The van der Waals surface area contributed by atoms with Gasteiger partial charge in [-0.1, -0.05) is 279 Å². The van der Waals surface area contributed by atoms with Crippen LogP contribution >= 0.6 is 0 Å². The smallest absolute Gasteiger partial charge is 0.220 e. The molecule has 0 saturated carbocycles. The van der Waals surface area contributed by atoms with Crippen LogP contribution in [0.3, 0.4) is 0 Å². The number of rotatable bonds is 7. The van der Waals surface area contributed by atoms with Gasteiger partial charge in [0.1, 0.15) is 5.65 Å². The van der Waals surface area contributed by atoms with E-state index in [1.807, 2.05) is 42.5 Å². The minimum Gasteiger partial charge on any atom is -0.329 e. The average Bonchev–Trinajstić information content (AvgIpc) is 1.88. The highest BCUT2D eigenvalue weighted by Crippen LogP contribution is 2.41. The Morgan fingerprint density at radius 3 is 0.879 bits per heavy atom. The molecule has 14 nitrogen and oxygen atoms in total. The van der Waals surface area contributed by atoms with E-state index < -0.39 is 0 Å². The van der Waals surface area contributed by atoms with Gasteiger partial charge in [-0.05, 0) is 191 Å². The Kier molecular flexibility index (Phi) is 17.6. The molecule has 27 rings (SSSR count). The summed E-state index contributed by atoms with van der Waals surface area (Å²) in [5.41, 5.74) is 33.6. The van der Waals surface area contributed by atoms with Crippen molar-refractivity contribution < 1.29 is 0 Å². The van der Waals surface area contributed by atoms with Gasteiger partial charge in [-0.3, -0.25) is 35.9 Å². The van der Waals surface area contributed by atoms with E-state index in [1.54, 1.807) is 0 Å². The van der Waals surface area contributed by atoms with E-state index in [2.05, 4.69) is 453 Å². The van der Waals surface area contributed by atoms with Crippen LogP contribution in [0.15, 0.2) is 437 Å². The van der Waals surface area contributed by atoms with E-state index >= 15 is 0 Å². The quantitative estimate of drug-likeness (QED) is 0.159. The second-order valence-corrected chi connectivity index (χ2v) is 31.2. The minimum absolute atomic E-state index is 0.938. The molecule has 0 radical (unpaired) electrons. The van der Waals surface area contributed by atoms with Crippen molar-refractivity contribution in [2.45, 2.75) is 0 Å². The number of imidazole rings is 8. The summed E-state index contributed by atoms with van der Waals surface area (Å²) < 4.78 is 22.5. The molecule has 0 aliphatic rings. The summed E-state index contributed by atoms with van der Waals surface area (Å²) in [7, 11) is 4.23. The average molecular weight is 1600 g/mol. The fraction of sp³-hybridized carbons (Fsp3) is 0.0182. The minimum atomic E-state index is 0.938. The van der Waals surface area contributed by atoms with Gasteiger partial charge in [0, 0.05) is 53.0 Å². The van der Waals surface area contributed by atoms with Crippen molar-refractivity contribution in [1.82, 2.24) is 64.9 Å². The summed E-state index contributed by atoms with van der Waals surface area (Å²) in [6, 6.07) is 152. The first kappa shape index (κ1) is 72.4. The number of fused-ring (bicyclic) bond motifs is 25. The highest BCUT2D eigenvalue weighted by Gasteiger charge is 2.24. The second kappa shape index (κ2) is 30.2. The first-order chi connectivity index (χ1) is 61.4. The van der Waals surface area contributed by atoms with E-state index in [1.165, 1.54) is 94.0 Å². The maximum absolute atomic E-state index is 4.99. The molecule has 0 atom stereocenters. The standard InChI is InChI=1S/2C25H17N3.C21H16N2.C20H15N3.C19H13N3/c1-3-9-18(10-4-1)19-15-16-21-24(17-19)28-23-14-8-7-13-22(23)27(25(28)26-21)20-11-5-2-6-12-20;1-3-9-18(10-4-1)19-15-16-23-24(17-19)28-22-14-8-7-13-21(22)26-25(28)27(23)20-11-5-2-6-12-20;1-22-18-13-7-5-11-16(18)20-17-12-6-8-14-19(17)23(21(20)22)15-9-3-2-4-10-15;1-22-17-9-5-6-10-18(17)23-19-13-15(14-7-3-2-4-8-14)11-12-16(19)21-20(22)23;1-2-8-14(9-3-1)21-17-12-6-7-13-18(17)22-16-11-5-4-10-15(16)20-19(21)22/h2*1-17H;2-14H,1H3;2-13H,1H3;1-13H. The van der Waals surface area contributed by atoms with E-state index in [0.29, 0.717) is 0 Å². The first-order valence-corrected chi connectivity index (χ1v) is 41.8. The largest absolute Gasteiger partial charge is 0.329 e. The summed E-state index contributed by atoms with van der Waals surface area (Å²) in [5, 5.41) is 3.96. The number of benzene rings is 17. The van der Waals surface area contributed by atoms with Gasteiger partial charge in [0.05, 0.1) is 99.3 Å². The van der Waals surface area contributed by atoms with Crippen molar-refractivity contribution in [3.63, 3.8) is 0 Å². The maximum atomic E-state index is 4.99. The number of hydrogen-bond acceptors (Lipinski definition) is 4. The number of aryl methyl sites for hydroxylation is 2. The van der Waals surface area contributed by atoms with Crippen molar-refractivity contribution in [2.24, 2.45) is 14.1 Å². The maximum Gasteiger partial charge on any atom is 0.220 e. The van der Waals surface area contributed by atoms with Crippen LogP contribution in [-0.2, 0) is 14.1 Å². The fourth-order valence-electron chi connectivity index (χ4n) is 18.4. The first-order valence-electron chi connectivity index (χ1n) is 41.8. The zero-order chi connectivity index (χ0) is 82.3. The molecule has 0 amide bonds. The third-order valence-corrected chi connectivity index (χ3v) is 24.0. The molecule has 0 saturated heterocycles. The molecule has 10 heterocycles. The van der Waals surface area contributed by atoms with Crippen molar-refractivity contribution >= 4 is 144 Å². The molecule has 0 aliphatic heterocycles. The van der Waals surface area contributed by atoms with E-state index in [0.717, 1.165) is 106 Å². The third-order valence-electron chi connectivity index (χ3n) is 24.0. The van der Waals surface area contributed by atoms with Gasteiger partial charge in [0.15, 0.2) is 0 Å². The van der Waals surface area contributed by atoms with Crippen LogP contribution in [0.1, 0.15) is 0 Å². The van der Waals surface area contributed by atoms with Gasteiger partial charge in [-0.2, -0.15) is 0 Å².